The molecule has 0 spiro atoms. The number of nitrogens with zero attached hydrogens (tertiary/aromatic N) is 1. The zero-order chi connectivity index (χ0) is 36.6. The van der Waals surface area contributed by atoms with Crippen LogP contribution >= 0.6 is 11.6 Å². The molecule has 0 bridgehead atoms. The molecule has 6 rings (SSSR count). The number of halogens is 1. The lowest BCUT2D eigenvalue weighted by atomic mass is 10.1. The van der Waals surface area contributed by atoms with Crippen molar-refractivity contribution in [1.29, 1.82) is 0 Å². The summed E-state index contributed by atoms with van der Waals surface area (Å²) in [5, 5.41) is 11.1. The molecule has 12 nitrogen and oxygen atoms in total. The fourth-order valence-electron chi connectivity index (χ4n) is 5.84. The number of benzene rings is 4. The van der Waals surface area contributed by atoms with Crippen molar-refractivity contribution in [3.63, 3.8) is 0 Å². The van der Waals surface area contributed by atoms with E-state index >= 15 is 0 Å². The molecule has 4 aromatic carbocycles. The van der Waals surface area contributed by atoms with Crippen molar-refractivity contribution in [2.24, 2.45) is 0 Å². The summed E-state index contributed by atoms with van der Waals surface area (Å²) < 4.78 is 45.4. The van der Waals surface area contributed by atoms with Crippen LogP contribution in [0.5, 0.6) is 40.2 Å². The molecule has 0 saturated carbocycles. The normalized spacial score (nSPS) is 13.3. The summed E-state index contributed by atoms with van der Waals surface area (Å²) in [6, 6.07) is 21.9. The van der Waals surface area contributed by atoms with Gasteiger partial charge in [-0.3, -0.25) is 4.79 Å². The van der Waals surface area contributed by atoms with Gasteiger partial charge in [0.25, 0.3) is 5.91 Å². The van der Waals surface area contributed by atoms with Gasteiger partial charge >= 0.3 is 0 Å². The third kappa shape index (κ3) is 7.92. The number of aromatic nitrogens is 1. The first kappa shape index (κ1) is 36.1. The molecular formula is C39H40ClN3O9. The van der Waals surface area contributed by atoms with E-state index in [4.69, 9.17) is 49.3 Å². The van der Waals surface area contributed by atoms with Crippen molar-refractivity contribution in [3.8, 4) is 62.8 Å². The zero-order valence-corrected chi connectivity index (χ0v) is 30.3. The maximum absolute atomic E-state index is 12.7. The van der Waals surface area contributed by atoms with Crippen LogP contribution in [0.1, 0.15) is 41.3 Å². The molecule has 0 aliphatic carbocycles. The molecule has 1 amide bonds. The first-order chi connectivity index (χ1) is 25.3. The quantitative estimate of drug-likeness (QED) is 0.0953. The first-order valence-electron chi connectivity index (χ1n) is 16.6. The number of methoxy groups -OCH3 is 5. The Morgan fingerprint density at radius 1 is 0.654 bits per heavy atom. The Kier molecular flexibility index (Phi) is 11.4. The zero-order valence-electron chi connectivity index (χ0n) is 29.5. The van der Waals surface area contributed by atoms with E-state index in [1.807, 2.05) is 42.5 Å². The molecule has 0 radical (unpaired) electrons. The minimum absolute atomic E-state index is 0.201. The van der Waals surface area contributed by atoms with Crippen molar-refractivity contribution < 1.29 is 42.5 Å². The molecule has 5 aromatic rings. The summed E-state index contributed by atoms with van der Waals surface area (Å²) in [6.07, 6.45) is 2.08. The van der Waals surface area contributed by atoms with Crippen LogP contribution in [0.4, 0.5) is 5.69 Å². The number of fused-ring (bicyclic) bond motifs is 1. The summed E-state index contributed by atoms with van der Waals surface area (Å²) in [4.78, 5) is 12.7. The molecule has 0 fully saturated rings. The molecule has 1 aliphatic heterocycles. The number of ether oxygens (including phenoxy) is 7. The Labute approximate surface area is 306 Å². The average molecular weight is 730 g/mol. The largest absolute Gasteiger partial charge is 0.493 e. The minimum Gasteiger partial charge on any atom is -0.493 e. The molecule has 272 valence electrons. The molecule has 2 heterocycles. The summed E-state index contributed by atoms with van der Waals surface area (Å²) >= 11 is 6.06. The highest BCUT2D eigenvalue weighted by Gasteiger charge is 2.26. The second-order valence-corrected chi connectivity index (χ2v) is 12.2. The molecule has 13 heteroatoms. The van der Waals surface area contributed by atoms with Gasteiger partial charge in [0.05, 0.1) is 54.3 Å². The van der Waals surface area contributed by atoms with E-state index < -0.39 is 6.17 Å². The maximum Gasteiger partial charge on any atom is 0.255 e. The molecule has 52 heavy (non-hydrogen) atoms. The number of rotatable bonds is 16. The van der Waals surface area contributed by atoms with Crippen LogP contribution in [-0.4, -0.2) is 59.8 Å². The van der Waals surface area contributed by atoms with Crippen molar-refractivity contribution >= 4 is 23.2 Å². The van der Waals surface area contributed by atoms with Crippen LogP contribution < -0.4 is 43.8 Å². The molecule has 1 unspecified atom stereocenters. The van der Waals surface area contributed by atoms with E-state index in [1.165, 1.54) is 0 Å². The van der Waals surface area contributed by atoms with Gasteiger partial charge in [-0.05, 0) is 85.5 Å². The lowest BCUT2D eigenvalue weighted by Gasteiger charge is -2.28. The van der Waals surface area contributed by atoms with Crippen LogP contribution in [0.3, 0.4) is 0 Å². The van der Waals surface area contributed by atoms with E-state index in [0.717, 1.165) is 36.0 Å². The van der Waals surface area contributed by atoms with Gasteiger partial charge in [0.15, 0.2) is 40.3 Å². The standard InChI is InChI=1S/C39H40ClN3O9/c1-45-30-13-9-23(29-22-32(52-43-29)25-19-35(47-3)37(49-5)36(20-25)48-4)17-34(30)51-16-8-6-7-15-50-31-14-10-24(18-33(31)46-2)38-41-28-12-11-26(40)21-27(28)39(44)42-38/h9-14,17-22,38,41H,6-8,15-16H2,1-5H3,(H,42,44). The van der Waals surface area contributed by atoms with E-state index in [2.05, 4.69) is 15.8 Å². The van der Waals surface area contributed by atoms with Crippen LogP contribution in [0, 0.1) is 0 Å². The maximum atomic E-state index is 12.7. The SMILES string of the molecule is COc1cc(C2NC(=O)c3cc(Cl)ccc3N2)ccc1OCCCCCOc1cc(-c2cc(-c3cc(OC)c(OC)c(OC)c3)on2)ccc1OC. The van der Waals surface area contributed by atoms with Crippen LogP contribution in [0.25, 0.3) is 22.6 Å². The van der Waals surface area contributed by atoms with Crippen LogP contribution in [0.15, 0.2) is 77.3 Å². The molecule has 2 N–H and O–H groups in total. The van der Waals surface area contributed by atoms with Gasteiger partial charge in [0, 0.05) is 27.9 Å². The molecule has 1 aromatic heterocycles. The Morgan fingerprint density at radius 2 is 1.33 bits per heavy atom. The summed E-state index contributed by atoms with van der Waals surface area (Å²) in [7, 11) is 7.88. The second kappa shape index (κ2) is 16.5. The third-order valence-corrected chi connectivity index (χ3v) is 8.78. The Balaban J connectivity index is 1.01. The number of carbonyl (C=O) groups excluding carboxylic acids is 1. The molecule has 0 saturated heterocycles. The Hall–Kier alpha value is -5.75. The summed E-state index contributed by atoms with van der Waals surface area (Å²) in [6.45, 7) is 0.990. The fraction of sp³-hybridized carbons (Fsp3) is 0.282. The van der Waals surface area contributed by atoms with Gasteiger partial charge in [-0.1, -0.05) is 22.8 Å². The Morgan fingerprint density at radius 3 is 2.02 bits per heavy atom. The van der Waals surface area contributed by atoms with E-state index in [1.54, 1.807) is 65.9 Å². The Bertz CT molecular complexity index is 2010. The van der Waals surface area contributed by atoms with Gasteiger partial charge in [0.2, 0.25) is 5.75 Å². The highest BCUT2D eigenvalue weighted by Crippen LogP contribution is 2.42. The number of unbranched alkanes of at least 4 members (excludes halogenated alkanes) is 2. The molecular weight excluding hydrogens is 690 g/mol. The average Bonchev–Trinajstić information content (AvgIpc) is 3.67. The van der Waals surface area contributed by atoms with Crippen molar-refractivity contribution in [1.82, 2.24) is 10.5 Å². The second-order valence-electron chi connectivity index (χ2n) is 11.8. The molecule has 1 atom stereocenters. The number of amides is 1. The number of anilines is 1. The van der Waals surface area contributed by atoms with Crippen molar-refractivity contribution in [2.75, 3.05) is 54.1 Å². The smallest absolute Gasteiger partial charge is 0.255 e. The van der Waals surface area contributed by atoms with Crippen LogP contribution in [-0.2, 0) is 0 Å². The third-order valence-electron chi connectivity index (χ3n) is 8.55. The van der Waals surface area contributed by atoms with E-state index in [-0.39, 0.29) is 5.91 Å². The van der Waals surface area contributed by atoms with Gasteiger partial charge in [-0.2, -0.15) is 0 Å². The van der Waals surface area contributed by atoms with Crippen LogP contribution in [0.2, 0.25) is 5.02 Å². The van der Waals surface area contributed by atoms with Gasteiger partial charge in [-0.15, -0.1) is 0 Å². The number of hydrogen-bond acceptors (Lipinski definition) is 11. The van der Waals surface area contributed by atoms with Gasteiger partial charge in [-0.25, -0.2) is 0 Å². The molecule has 1 aliphatic rings. The topological polar surface area (TPSA) is 132 Å². The predicted octanol–water partition coefficient (Wildman–Crippen LogP) is 8.19. The monoisotopic (exact) mass is 729 g/mol. The van der Waals surface area contributed by atoms with E-state index in [9.17, 15) is 4.79 Å². The summed E-state index contributed by atoms with van der Waals surface area (Å²) in [5.41, 5.74) is 4.21. The highest BCUT2D eigenvalue weighted by atomic mass is 35.5. The summed E-state index contributed by atoms with van der Waals surface area (Å²) in [5.74, 6) is 4.28. The minimum atomic E-state index is -0.425. The number of carbonyl (C=O) groups is 1. The highest BCUT2D eigenvalue weighted by molar-refractivity contribution is 6.31. The number of hydrogen-bond donors (Lipinski definition) is 2. The number of nitrogens with one attached hydrogen (secondary N) is 2. The van der Waals surface area contributed by atoms with Gasteiger partial charge < -0.3 is 48.3 Å². The lowest BCUT2D eigenvalue weighted by Crippen LogP contribution is -2.38. The van der Waals surface area contributed by atoms with Crippen molar-refractivity contribution in [3.05, 3.63) is 88.9 Å². The first-order valence-corrected chi connectivity index (χ1v) is 17.0. The predicted molar refractivity (Wildman–Crippen MR) is 197 cm³/mol. The van der Waals surface area contributed by atoms with Crippen molar-refractivity contribution in [2.45, 2.75) is 25.4 Å². The van der Waals surface area contributed by atoms with Gasteiger partial charge in [0.1, 0.15) is 11.9 Å². The lowest BCUT2D eigenvalue weighted by molar-refractivity contribution is 0.0935. The van der Waals surface area contributed by atoms with E-state index in [0.29, 0.717) is 81.2 Å². The fourth-order valence-corrected chi connectivity index (χ4v) is 6.02.